The van der Waals surface area contributed by atoms with E-state index in [2.05, 4.69) is 9.69 Å². The van der Waals surface area contributed by atoms with Gasteiger partial charge in [0.05, 0.1) is 32.2 Å². The summed E-state index contributed by atoms with van der Waals surface area (Å²) in [5, 5.41) is 12.3. The summed E-state index contributed by atoms with van der Waals surface area (Å²) in [5.74, 6) is -2.72. The highest BCUT2D eigenvalue weighted by Gasteiger charge is 2.37. The molecule has 1 heterocycles. The number of aromatic hydroxyl groups is 1. The average molecular weight is 558 g/mol. The molecular weight excluding hydrogens is 530 g/mol. The van der Waals surface area contributed by atoms with E-state index in [0.29, 0.717) is 17.3 Å². The Hall–Kier alpha value is -4.85. The van der Waals surface area contributed by atoms with Crippen molar-refractivity contribution < 1.29 is 38.5 Å². The van der Waals surface area contributed by atoms with Crippen molar-refractivity contribution in [1.29, 1.82) is 0 Å². The summed E-state index contributed by atoms with van der Waals surface area (Å²) in [4.78, 5) is 52.4. The first-order valence-corrected chi connectivity index (χ1v) is 12.2. The maximum atomic E-state index is 14.1. The second-order valence-electron chi connectivity index (χ2n) is 7.87. The van der Waals surface area contributed by atoms with Crippen LogP contribution in [0.1, 0.15) is 38.7 Å². The average Bonchev–Trinajstić information content (AvgIpc) is 3.32. The summed E-state index contributed by atoms with van der Waals surface area (Å²) in [7, 11) is 2.81. The van der Waals surface area contributed by atoms with Crippen LogP contribution in [0.3, 0.4) is 0 Å². The summed E-state index contributed by atoms with van der Waals surface area (Å²) in [6.07, 6.45) is 0. The molecule has 3 aromatic rings. The number of anilines is 2. The molecule has 3 rings (SSSR count). The number of aromatic nitrogens is 1. The Bertz CT molecular complexity index is 1380. The van der Waals surface area contributed by atoms with Gasteiger partial charge in [-0.1, -0.05) is 12.1 Å². The minimum Gasteiger partial charge on any atom is -0.508 e. The van der Waals surface area contributed by atoms with Gasteiger partial charge in [-0.2, -0.15) is 4.37 Å². The van der Waals surface area contributed by atoms with Crippen LogP contribution in [0.5, 0.6) is 17.2 Å². The second-order valence-corrected chi connectivity index (χ2v) is 8.64. The number of amides is 3. The van der Waals surface area contributed by atoms with E-state index < -0.39 is 36.3 Å². The Balaban J connectivity index is 2.24. The minimum atomic E-state index is -1.42. The first-order chi connectivity index (χ1) is 18.6. The highest BCUT2D eigenvalue weighted by atomic mass is 32.1. The molecule has 2 aromatic carbocycles. The topological polar surface area (TPSA) is 196 Å². The van der Waals surface area contributed by atoms with Crippen molar-refractivity contribution >= 4 is 46.6 Å². The van der Waals surface area contributed by atoms with E-state index in [0.717, 1.165) is 4.90 Å². The number of primary amides is 1. The van der Waals surface area contributed by atoms with Gasteiger partial charge in [-0.25, -0.2) is 0 Å². The summed E-state index contributed by atoms with van der Waals surface area (Å²) >= 11 is 0.630. The molecule has 0 aliphatic carbocycles. The number of phenols is 1. The molecule has 0 bridgehead atoms. The van der Waals surface area contributed by atoms with Gasteiger partial charge in [0.1, 0.15) is 34.7 Å². The van der Waals surface area contributed by atoms with Crippen LogP contribution < -0.4 is 31.2 Å². The molecule has 39 heavy (non-hydrogen) atoms. The van der Waals surface area contributed by atoms with E-state index in [1.807, 2.05) is 0 Å². The lowest BCUT2D eigenvalue weighted by molar-refractivity contribution is -0.143. The first kappa shape index (κ1) is 28.7. The molecule has 1 aromatic heterocycles. The molecule has 0 aliphatic heterocycles. The van der Waals surface area contributed by atoms with Crippen molar-refractivity contribution in [2.24, 2.45) is 5.73 Å². The van der Waals surface area contributed by atoms with Crippen LogP contribution in [-0.4, -0.2) is 60.5 Å². The monoisotopic (exact) mass is 557 g/mol. The summed E-state index contributed by atoms with van der Waals surface area (Å²) < 4.78 is 19.6. The van der Waals surface area contributed by atoms with Gasteiger partial charge in [0.25, 0.3) is 11.8 Å². The fraction of sp³-hybridized carbons (Fsp3) is 0.240. The van der Waals surface area contributed by atoms with Gasteiger partial charge in [0, 0.05) is 6.07 Å². The van der Waals surface area contributed by atoms with Crippen molar-refractivity contribution in [3.05, 3.63) is 58.6 Å². The Morgan fingerprint density at radius 2 is 1.79 bits per heavy atom. The van der Waals surface area contributed by atoms with Gasteiger partial charge in [-0.3, -0.25) is 24.1 Å². The smallest absolute Gasteiger partial charge is 0.325 e. The van der Waals surface area contributed by atoms with Crippen molar-refractivity contribution in [2.75, 3.05) is 38.0 Å². The number of nitrogen functional groups attached to an aromatic ring is 1. The lowest BCUT2D eigenvalue weighted by Crippen LogP contribution is -2.45. The molecule has 0 saturated carbocycles. The zero-order valence-electron chi connectivity index (χ0n) is 21.3. The Morgan fingerprint density at radius 3 is 2.36 bits per heavy atom. The molecule has 0 spiro atoms. The molecule has 0 radical (unpaired) electrons. The van der Waals surface area contributed by atoms with E-state index in [4.69, 9.17) is 25.7 Å². The van der Waals surface area contributed by atoms with E-state index in [1.165, 1.54) is 50.6 Å². The maximum Gasteiger partial charge on any atom is 0.325 e. The van der Waals surface area contributed by atoms with Gasteiger partial charge in [0.2, 0.25) is 5.91 Å². The maximum absolute atomic E-state index is 14.1. The lowest BCUT2D eigenvalue weighted by atomic mass is 10.0. The number of hydrogen-bond donors (Lipinski definition) is 4. The van der Waals surface area contributed by atoms with E-state index in [1.54, 1.807) is 13.0 Å². The Morgan fingerprint density at radius 1 is 1.10 bits per heavy atom. The number of rotatable bonds is 11. The largest absolute Gasteiger partial charge is 0.508 e. The number of methoxy groups -OCH3 is 2. The fourth-order valence-corrected chi connectivity index (χ4v) is 4.37. The van der Waals surface area contributed by atoms with Crippen LogP contribution in [-0.2, 0) is 14.3 Å². The van der Waals surface area contributed by atoms with Crippen LogP contribution >= 0.6 is 11.5 Å². The number of phenolic OH excluding ortho intramolecular Hbond substituents is 1. The van der Waals surface area contributed by atoms with Crippen LogP contribution in [0.4, 0.5) is 11.4 Å². The molecule has 6 N–H and O–H groups in total. The standard InChI is InChI=1S/C25H27N5O8S/c1-4-38-18(32)12-28-24(34)21(13-5-7-14(31)8-6-13)30(16-10-9-15(36-2)11-17(16)37-3)25(35)22-19(26)20(23(27)33)29-39-22/h5-11,21,31H,4,12,26H2,1-3H3,(H2,27,33)(H,28,34)/t21-/m0/s1. The summed E-state index contributed by atoms with van der Waals surface area (Å²) in [6.45, 7) is 1.25. The third-order valence-electron chi connectivity index (χ3n) is 5.45. The SMILES string of the molecule is CCOC(=O)CNC(=O)[C@H](c1ccc(O)cc1)N(C(=O)c1snc(C(N)=O)c1N)c1ccc(OC)cc1OC. The van der Waals surface area contributed by atoms with Gasteiger partial charge < -0.3 is 36.1 Å². The molecule has 1 atom stereocenters. The summed E-state index contributed by atoms with van der Waals surface area (Å²) in [6, 6.07) is 8.67. The molecule has 0 unspecified atom stereocenters. The van der Waals surface area contributed by atoms with Crippen LogP contribution in [0.25, 0.3) is 0 Å². The van der Waals surface area contributed by atoms with Crippen molar-refractivity contribution in [2.45, 2.75) is 13.0 Å². The summed E-state index contributed by atoms with van der Waals surface area (Å²) in [5.41, 5.74) is 11.2. The molecule has 3 amide bonds. The predicted octanol–water partition coefficient (Wildman–Crippen LogP) is 1.61. The number of benzene rings is 2. The normalized spacial score (nSPS) is 11.3. The lowest BCUT2D eigenvalue weighted by Gasteiger charge is -2.32. The number of nitrogens with one attached hydrogen (secondary N) is 1. The second kappa shape index (κ2) is 12.6. The number of esters is 1. The van der Waals surface area contributed by atoms with Crippen molar-refractivity contribution in [3.8, 4) is 17.2 Å². The van der Waals surface area contributed by atoms with Crippen LogP contribution in [0.2, 0.25) is 0 Å². The molecule has 0 aliphatic rings. The molecular formula is C25H27N5O8S. The molecule has 14 heteroatoms. The highest BCUT2D eigenvalue weighted by Crippen LogP contribution is 2.40. The first-order valence-electron chi connectivity index (χ1n) is 11.5. The zero-order chi connectivity index (χ0) is 28.7. The van der Waals surface area contributed by atoms with Gasteiger partial charge in [0.15, 0.2) is 5.69 Å². The number of nitrogens with zero attached hydrogens (tertiary/aromatic N) is 2. The van der Waals surface area contributed by atoms with Crippen molar-refractivity contribution in [1.82, 2.24) is 9.69 Å². The molecule has 0 saturated heterocycles. The molecule has 0 fully saturated rings. The van der Waals surface area contributed by atoms with Crippen LogP contribution in [0, 0.1) is 0 Å². The van der Waals surface area contributed by atoms with Crippen LogP contribution in [0.15, 0.2) is 42.5 Å². The molecule has 13 nitrogen and oxygen atoms in total. The third-order valence-corrected chi connectivity index (χ3v) is 6.30. The quantitative estimate of drug-likeness (QED) is 0.251. The van der Waals surface area contributed by atoms with E-state index in [-0.39, 0.29) is 45.6 Å². The Labute approximate surface area is 227 Å². The van der Waals surface area contributed by atoms with E-state index in [9.17, 15) is 24.3 Å². The third kappa shape index (κ3) is 6.35. The minimum absolute atomic E-state index is 0.0814. The number of hydrogen-bond acceptors (Lipinski definition) is 11. The van der Waals surface area contributed by atoms with E-state index >= 15 is 0 Å². The predicted molar refractivity (Wildman–Crippen MR) is 142 cm³/mol. The van der Waals surface area contributed by atoms with Gasteiger partial charge in [-0.15, -0.1) is 0 Å². The van der Waals surface area contributed by atoms with Gasteiger partial charge in [-0.05, 0) is 48.3 Å². The van der Waals surface area contributed by atoms with Gasteiger partial charge >= 0.3 is 5.97 Å². The van der Waals surface area contributed by atoms with Crippen molar-refractivity contribution in [3.63, 3.8) is 0 Å². The number of carbonyl (C=O) groups excluding carboxylic acids is 4. The fourth-order valence-electron chi connectivity index (χ4n) is 3.63. The number of ether oxygens (including phenoxy) is 3. The Kier molecular flexibility index (Phi) is 9.28. The number of carbonyl (C=O) groups is 4. The zero-order valence-corrected chi connectivity index (χ0v) is 22.1. The molecule has 206 valence electrons. The highest BCUT2D eigenvalue weighted by molar-refractivity contribution is 7.09. The number of nitrogens with two attached hydrogens (primary N) is 2.